The van der Waals surface area contributed by atoms with Gasteiger partial charge in [0.2, 0.25) is 5.91 Å². The molecule has 2 aliphatic heterocycles. The van der Waals surface area contributed by atoms with Crippen molar-refractivity contribution in [2.75, 3.05) is 24.5 Å². The molecule has 2 aromatic rings. The van der Waals surface area contributed by atoms with Gasteiger partial charge >= 0.3 is 0 Å². The number of nitrogens with zero attached hydrogens (tertiary/aromatic N) is 2. The Labute approximate surface area is 142 Å². The van der Waals surface area contributed by atoms with Gasteiger partial charge in [-0.2, -0.15) is 0 Å². The van der Waals surface area contributed by atoms with Crippen molar-refractivity contribution in [1.82, 2.24) is 4.90 Å². The maximum atomic E-state index is 13.4. The van der Waals surface area contributed by atoms with Gasteiger partial charge in [0.05, 0.1) is 18.2 Å². The molecule has 0 unspecified atom stereocenters. The first kappa shape index (κ1) is 14.3. The van der Waals surface area contributed by atoms with E-state index in [0.717, 1.165) is 44.0 Å². The van der Waals surface area contributed by atoms with Gasteiger partial charge in [0, 0.05) is 25.3 Å². The number of hydrogen-bond donors (Lipinski definition) is 0. The van der Waals surface area contributed by atoms with E-state index in [0.29, 0.717) is 11.8 Å². The normalized spacial score (nSPS) is 26.5. The molecule has 3 heterocycles. The van der Waals surface area contributed by atoms with Crippen molar-refractivity contribution < 1.29 is 9.21 Å². The number of carbonyl (C=O) groups is 1. The number of furan rings is 1. The molecule has 2 fully saturated rings. The minimum Gasteiger partial charge on any atom is -0.468 e. The summed E-state index contributed by atoms with van der Waals surface area (Å²) >= 11 is 0. The lowest BCUT2D eigenvalue weighted by Gasteiger charge is -2.24. The Morgan fingerprint density at radius 2 is 2.04 bits per heavy atom. The molecule has 124 valence electrons. The molecule has 4 nitrogen and oxygen atoms in total. The third-order valence-corrected chi connectivity index (χ3v) is 5.81. The lowest BCUT2D eigenvalue weighted by atomic mass is 9.81. The summed E-state index contributed by atoms with van der Waals surface area (Å²) in [4.78, 5) is 17.8. The van der Waals surface area contributed by atoms with Crippen LogP contribution < -0.4 is 4.90 Å². The maximum absolute atomic E-state index is 13.4. The second-order valence-electron chi connectivity index (χ2n) is 7.50. The minimum atomic E-state index is -0.349. The second-order valence-corrected chi connectivity index (χ2v) is 7.50. The number of rotatable bonds is 4. The molecular formula is C20H22N2O2. The zero-order valence-electron chi connectivity index (χ0n) is 13.8. The van der Waals surface area contributed by atoms with Crippen LogP contribution in [0.2, 0.25) is 0 Å². The van der Waals surface area contributed by atoms with Crippen molar-refractivity contribution in [3.05, 3.63) is 54.0 Å². The molecular weight excluding hydrogens is 300 g/mol. The number of para-hydroxylation sites is 1. The Hall–Kier alpha value is -2.07. The fourth-order valence-corrected chi connectivity index (χ4v) is 4.38. The summed E-state index contributed by atoms with van der Waals surface area (Å²) in [6.45, 7) is 3.42. The van der Waals surface area contributed by atoms with Gasteiger partial charge in [-0.25, -0.2) is 0 Å². The van der Waals surface area contributed by atoms with Crippen LogP contribution in [0.4, 0.5) is 5.69 Å². The van der Waals surface area contributed by atoms with Gasteiger partial charge in [-0.1, -0.05) is 18.2 Å². The highest BCUT2D eigenvalue weighted by molar-refractivity contribution is 6.08. The summed E-state index contributed by atoms with van der Waals surface area (Å²) in [5.41, 5.74) is 2.03. The predicted octanol–water partition coefficient (Wildman–Crippen LogP) is 3.18. The van der Waals surface area contributed by atoms with Crippen LogP contribution in [-0.2, 0) is 16.8 Å². The molecule has 1 aliphatic carbocycles. The van der Waals surface area contributed by atoms with E-state index in [9.17, 15) is 4.79 Å². The van der Waals surface area contributed by atoms with Crippen molar-refractivity contribution >= 4 is 11.6 Å². The van der Waals surface area contributed by atoms with Crippen molar-refractivity contribution in [2.45, 2.75) is 31.2 Å². The first-order valence-corrected chi connectivity index (χ1v) is 8.92. The monoisotopic (exact) mass is 322 g/mol. The summed E-state index contributed by atoms with van der Waals surface area (Å²) in [7, 11) is 0. The number of hydrogen-bond acceptors (Lipinski definition) is 3. The fourth-order valence-electron chi connectivity index (χ4n) is 4.38. The summed E-state index contributed by atoms with van der Waals surface area (Å²) in [5.74, 6) is 2.00. The van der Waals surface area contributed by atoms with E-state index in [-0.39, 0.29) is 5.41 Å². The molecule has 1 saturated heterocycles. The number of anilines is 1. The summed E-state index contributed by atoms with van der Waals surface area (Å²) < 4.78 is 5.49. The fraction of sp³-hybridized carbons (Fsp3) is 0.450. The zero-order valence-corrected chi connectivity index (χ0v) is 13.8. The van der Waals surface area contributed by atoms with Crippen molar-refractivity contribution in [1.29, 1.82) is 0 Å². The molecule has 1 saturated carbocycles. The van der Waals surface area contributed by atoms with E-state index in [4.69, 9.17) is 4.42 Å². The highest BCUT2D eigenvalue weighted by atomic mass is 16.3. The number of benzene rings is 1. The Bertz CT molecular complexity index is 766. The molecule has 1 atom stereocenters. The van der Waals surface area contributed by atoms with Crippen LogP contribution in [-0.4, -0.2) is 30.4 Å². The average molecular weight is 322 g/mol. The lowest BCUT2D eigenvalue weighted by molar-refractivity contribution is -0.122. The van der Waals surface area contributed by atoms with Gasteiger partial charge in [0.15, 0.2) is 0 Å². The lowest BCUT2D eigenvalue weighted by Crippen LogP contribution is -2.43. The summed E-state index contributed by atoms with van der Waals surface area (Å²) in [6, 6.07) is 12.4. The Balaban J connectivity index is 1.45. The molecule has 0 radical (unpaired) electrons. The Kier molecular flexibility index (Phi) is 3.10. The van der Waals surface area contributed by atoms with Crippen LogP contribution in [0.5, 0.6) is 0 Å². The predicted molar refractivity (Wildman–Crippen MR) is 91.8 cm³/mol. The van der Waals surface area contributed by atoms with Crippen LogP contribution in [0.3, 0.4) is 0 Å². The standard InChI is InChI=1S/C20H22N2O2/c23-19-20(9-10-21(14-20)13-16-4-3-11-24-16)17-5-1-2-6-18(17)22(19)12-15-7-8-15/h1-6,11,15H,7-10,12-14H2/t20-/m1/s1. The highest BCUT2D eigenvalue weighted by Gasteiger charge is 2.54. The third-order valence-electron chi connectivity index (χ3n) is 5.81. The smallest absolute Gasteiger partial charge is 0.239 e. The van der Waals surface area contributed by atoms with Gasteiger partial charge in [0.1, 0.15) is 5.76 Å². The van der Waals surface area contributed by atoms with Gasteiger partial charge < -0.3 is 9.32 Å². The summed E-state index contributed by atoms with van der Waals surface area (Å²) in [6.07, 6.45) is 5.16. The van der Waals surface area contributed by atoms with Gasteiger partial charge in [-0.3, -0.25) is 9.69 Å². The highest BCUT2D eigenvalue weighted by Crippen LogP contribution is 2.48. The maximum Gasteiger partial charge on any atom is 0.239 e. The SMILES string of the molecule is O=C1N(CC2CC2)c2ccccc2[C@]12CCN(Cc1ccco1)C2. The van der Waals surface area contributed by atoms with E-state index >= 15 is 0 Å². The van der Waals surface area contributed by atoms with Crippen LogP contribution in [0.1, 0.15) is 30.6 Å². The van der Waals surface area contributed by atoms with Crippen molar-refractivity contribution in [2.24, 2.45) is 5.92 Å². The van der Waals surface area contributed by atoms with Gasteiger partial charge in [-0.05, 0) is 48.9 Å². The molecule has 1 amide bonds. The largest absolute Gasteiger partial charge is 0.468 e. The van der Waals surface area contributed by atoms with E-state index in [2.05, 4.69) is 34.1 Å². The van der Waals surface area contributed by atoms with Crippen molar-refractivity contribution in [3.63, 3.8) is 0 Å². The Morgan fingerprint density at radius 3 is 2.83 bits per heavy atom. The van der Waals surface area contributed by atoms with E-state index in [1.54, 1.807) is 6.26 Å². The molecule has 1 spiro atoms. The van der Waals surface area contributed by atoms with Crippen LogP contribution in [0.25, 0.3) is 0 Å². The minimum absolute atomic E-state index is 0.317. The number of fused-ring (bicyclic) bond motifs is 2. The van der Waals surface area contributed by atoms with E-state index in [1.807, 2.05) is 12.1 Å². The zero-order chi connectivity index (χ0) is 16.1. The summed E-state index contributed by atoms with van der Waals surface area (Å²) in [5, 5.41) is 0. The van der Waals surface area contributed by atoms with E-state index in [1.165, 1.54) is 18.4 Å². The van der Waals surface area contributed by atoms with Crippen LogP contribution >= 0.6 is 0 Å². The van der Waals surface area contributed by atoms with Gasteiger partial charge in [-0.15, -0.1) is 0 Å². The Morgan fingerprint density at radius 1 is 1.17 bits per heavy atom. The second kappa shape index (κ2) is 5.21. The number of carbonyl (C=O) groups excluding carboxylic acids is 1. The molecule has 24 heavy (non-hydrogen) atoms. The quantitative estimate of drug-likeness (QED) is 0.867. The molecule has 0 bridgehead atoms. The molecule has 1 aromatic carbocycles. The van der Waals surface area contributed by atoms with Crippen molar-refractivity contribution in [3.8, 4) is 0 Å². The number of likely N-dealkylation sites (tertiary alicyclic amines) is 1. The molecule has 0 N–H and O–H groups in total. The molecule has 3 aliphatic rings. The van der Waals surface area contributed by atoms with Crippen LogP contribution in [0.15, 0.2) is 47.1 Å². The van der Waals surface area contributed by atoms with E-state index < -0.39 is 0 Å². The van der Waals surface area contributed by atoms with Gasteiger partial charge in [0.25, 0.3) is 0 Å². The first-order valence-electron chi connectivity index (χ1n) is 8.92. The molecule has 5 rings (SSSR count). The first-order chi connectivity index (χ1) is 11.8. The van der Waals surface area contributed by atoms with Crippen LogP contribution in [0, 0.1) is 5.92 Å². The molecule has 4 heteroatoms. The average Bonchev–Trinajstić information content (AvgIpc) is 3.03. The topological polar surface area (TPSA) is 36.7 Å². The molecule has 1 aromatic heterocycles. The number of amides is 1. The third kappa shape index (κ3) is 2.13.